The van der Waals surface area contributed by atoms with E-state index < -0.39 is 11.9 Å². The average Bonchev–Trinajstić information content (AvgIpc) is 2.56. The van der Waals surface area contributed by atoms with E-state index in [1.165, 1.54) is 11.1 Å². The monoisotopic (exact) mass is 381 g/mol. The molecular weight excluding hydrogens is 350 g/mol. The first-order valence-electron chi connectivity index (χ1n) is 8.69. The van der Waals surface area contributed by atoms with Crippen molar-refractivity contribution >= 4 is 11.9 Å². The molecule has 1 aromatic carbocycles. The number of carboxylic acids is 2. The first kappa shape index (κ1) is 24.6. The van der Waals surface area contributed by atoms with E-state index in [1.54, 1.807) is 0 Å². The van der Waals surface area contributed by atoms with Crippen molar-refractivity contribution in [3.63, 3.8) is 0 Å². The lowest BCUT2D eigenvalue weighted by Gasteiger charge is -2.23. The summed E-state index contributed by atoms with van der Waals surface area (Å²) in [7, 11) is 0. The third-order valence-corrected chi connectivity index (χ3v) is 3.33. The summed E-state index contributed by atoms with van der Waals surface area (Å²) in [5.74, 6) is -2.68. The number of aliphatic carboxylic acids is 2. The lowest BCUT2D eigenvalue weighted by molar-refractivity contribution is -0.159. The Balaban J connectivity index is 0.000000972. The molecule has 0 fully saturated rings. The molecule has 0 unspecified atom stereocenters. The van der Waals surface area contributed by atoms with E-state index in [1.807, 2.05) is 6.08 Å². The van der Waals surface area contributed by atoms with Gasteiger partial charge in [-0.2, -0.15) is 0 Å². The fourth-order valence-electron chi connectivity index (χ4n) is 2.03. The predicted molar refractivity (Wildman–Crippen MR) is 105 cm³/mol. The van der Waals surface area contributed by atoms with E-state index in [-0.39, 0.29) is 5.41 Å². The minimum absolute atomic E-state index is 0.0818. The molecule has 0 heterocycles. The summed E-state index contributed by atoms with van der Waals surface area (Å²) >= 11 is 0. The Morgan fingerprint density at radius 3 is 2.30 bits per heavy atom. The second-order valence-electron chi connectivity index (χ2n) is 6.81. The summed E-state index contributed by atoms with van der Waals surface area (Å²) in [6, 6.07) is 6.40. The first-order chi connectivity index (χ1) is 12.6. The third kappa shape index (κ3) is 11.8. The van der Waals surface area contributed by atoms with Crippen molar-refractivity contribution in [1.29, 1.82) is 0 Å². The summed E-state index contributed by atoms with van der Waals surface area (Å²) in [5.41, 5.74) is 2.53. The number of aryl methyl sites for hydroxylation is 1. The van der Waals surface area contributed by atoms with Crippen LogP contribution in [0.2, 0.25) is 0 Å². The molecule has 1 rings (SSSR count). The van der Waals surface area contributed by atoms with Gasteiger partial charge in [-0.25, -0.2) is 9.59 Å². The molecule has 0 spiro atoms. The van der Waals surface area contributed by atoms with Gasteiger partial charge in [0.1, 0.15) is 12.4 Å². The minimum atomic E-state index is -1.82. The van der Waals surface area contributed by atoms with E-state index in [0.29, 0.717) is 19.8 Å². The number of ether oxygens (including phenoxy) is 2. The highest BCUT2D eigenvalue weighted by molar-refractivity contribution is 6.27. The topological polar surface area (TPSA) is 105 Å². The number of hydrogen-bond donors (Lipinski definition) is 3. The molecule has 0 aromatic heterocycles. The quantitative estimate of drug-likeness (QED) is 0.343. The highest BCUT2D eigenvalue weighted by atomic mass is 16.5. The number of hydrogen-bond acceptors (Lipinski definition) is 5. The summed E-state index contributed by atoms with van der Waals surface area (Å²) in [6.45, 7) is 15.9. The van der Waals surface area contributed by atoms with Crippen LogP contribution in [0.25, 0.3) is 0 Å². The first-order valence-corrected chi connectivity index (χ1v) is 8.69. The SMILES string of the molecule is C=CCNCCOCCOc1cc(C)ccc1C(C)(C)C.O=C(O)C(=O)O. The summed E-state index contributed by atoms with van der Waals surface area (Å²) in [4.78, 5) is 18.2. The van der Waals surface area contributed by atoms with Gasteiger partial charge in [0.2, 0.25) is 0 Å². The van der Waals surface area contributed by atoms with Crippen molar-refractivity contribution in [2.45, 2.75) is 33.1 Å². The van der Waals surface area contributed by atoms with Gasteiger partial charge in [-0.1, -0.05) is 39.0 Å². The molecule has 3 N–H and O–H groups in total. The molecule has 1 aromatic rings. The van der Waals surface area contributed by atoms with Crippen molar-refractivity contribution in [3.05, 3.63) is 42.0 Å². The molecule has 0 saturated carbocycles. The van der Waals surface area contributed by atoms with Crippen LogP contribution >= 0.6 is 0 Å². The molecule has 0 bridgehead atoms. The smallest absolute Gasteiger partial charge is 0.414 e. The lowest BCUT2D eigenvalue weighted by Crippen LogP contribution is -2.21. The van der Waals surface area contributed by atoms with Gasteiger partial charge in [-0.05, 0) is 29.5 Å². The molecule has 7 nitrogen and oxygen atoms in total. The Morgan fingerprint density at radius 1 is 1.15 bits per heavy atom. The summed E-state index contributed by atoms with van der Waals surface area (Å²) in [6.07, 6.45) is 1.84. The van der Waals surface area contributed by atoms with Crippen LogP contribution in [0, 0.1) is 6.92 Å². The Hall–Kier alpha value is -2.38. The van der Waals surface area contributed by atoms with Crippen LogP contribution in [0.4, 0.5) is 0 Å². The van der Waals surface area contributed by atoms with Crippen LogP contribution in [0.5, 0.6) is 5.75 Å². The fraction of sp³-hybridized carbons (Fsp3) is 0.500. The second-order valence-corrected chi connectivity index (χ2v) is 6.81. The Morgan fingerprint density at radius 2 is 1.78 bits per heavy atom. The Bertz CT molecular complexity index is 595. The molecule has 0 amide bonds. The summed E-state index contributed by atoms with van der Waals surface area (Å²) < 4.78 is 11.4. The molecule has 0 atom stereocenters. The zero-order chi connectivity index (χ0) is 20.9. The molecule has 7 heteroatoms. The molecule has 0 aliphatic rings. The van der Waals surface area contributed by atoms with Gasteiger partial charge in [0, 0.05) is 13.1 Å². The second kappa shape index (κ2) is 12.9. The van der Waals surface area contributed by atoms with E-state index in [0.717, 1.165) is 18.8 Å². The molecule has 0 saturated heterocycles. The lowest BCUT2D eigenvalue weighted by atomic mass is 9.86. The maximum absolute atomic E-state index is 9.10. The maximum Gasteiger partial charge on any atom is 0.414 e. The van der Waals surface area contributed by atoms with E-state index in [2.05, 4.69) is 57.8 Å². The maximum atomic E-state index is 9.10. The molecule has 0 radical (unpaired) electrons. The number of benzene rings is 1. The van der Waals surface area contributed by atoms with Gasteiger partial charge in [-0.3, -0.25) is 0 Å². The van der Waals surface area contributed by atoms with Crippen LogP contribution in [0.3, 0.4) is 0 Å². The minimum Gasteiger partial charge on any atom is -0.491 e. The van der Waals surface area contributed by atoms with Crippen molar-refractivity contribution in [1.82, 2.24) is 5.32 Å². The van der Waals surface area contributed by atoms with Crippen molar-refractivity contribution in [2.75, 3.05) is 32.9 Å². The number of carboxylic acid groups (broad SMARTS) is 2. The highest BCUT2D eigenvalue weighted by Crippen LogP contribution is 2.31. The largest absolute Gasteiger partial charge is 0.491 e. The predicted octanol–water partition coefficient (Wildman–Crippen LogP) is 2.62. The van der Waals surface area contributed by atoms with E-state index >= 15 is 0 Å². The van der Waals surface area contributed by atoms with Gasteiger partial charge in [-0.15, -0.1) is 6.58 Å². The fourth-order valence-corrected chi connectivity index (χ4v) is 2.03. The zero-order valence-electron chi connectivity index (χ0n) is 16.6. The van der Waals surface area contributed by atoms with Gasteiger partial charge < -0.3 is 25.0 Å². The van der Waals surface area contributed by atoms with Crippen molar-refractivity contribution in [2.24, 2.45) is 0 Å². The number of nitrogens with one attached hydrogen (secondary N) is 1. The third-order valence-electron chi connectivity index (χ3n) is 3.33. The van der Waals surface area contributed by atoms with Crippen molar-refractivity contribution < 1.29 is 29.3 Å². The van der Waals surface area contributed by atoms with Crippen LogP contribution in [-0.4, -0.2) is 55.1 Å². The van der Waals surface area contributed by atoms with E-state index in [9.17, 15) is 0 Å². The van der Waals surface area contributed by atoms with Crippen LogP contribution in [0.15, 0.2) is 30.9 Å². The van der Waals surface area contributed by atoms with Gasteiger partial charge in [0.25, 0.3) is 0 Å². The van der Waals surface area contributed by atoms with Gasteiger partial charge >= 0.3 is 11.9 Å². The number of carbonyl (C=O) groups is 2. The molecule has 27 heavy (non-hydrogen) atoms. The number of rotatable bonds is 9. The van der Waals surface area contributed by atoms with E-state index in [4.69, 9.17) is 29.3 Å². The Kier molecular flexibility index (Phi) is 11.8. The van der Waals surface area contributed by atoms with Gasteiger partial charge in [0.05, 0.1) is 13.2 Å². The molecule has 0 aliphatic heterocycles. The van der Waals surface area contributed by atoms with Crippen molar-refractivity contribution in [3.8, 4) is 5.75 Å². The molecular formula is C20H31NO6. The molecule has 0 aliphatic carbocycles. The standard InChI is InChI=1S/C18H29NO2.C2H2O4/c1-6-9-19-10-11-20-12-13-21-17-14-15(2)7-8-16(17)18(3,4)5;3-1(4)2(5)6/h6-8,14,19H,1,9-13H2,2-5H3;(H,3,4)(H,5,6). The zero-order valence-corrected chi connectivity index (χ0v) is 16.6. The Labute approximate surface area is 161 Å². The normalized spacial score (nSPS) is 10.5. The molecule has 152 valence electrons. The average molecular weight is 381 g/mol. The van der Waals surface area contributed by atoms with Crippen LogP contribution in [-0.2, 0) is 19.7 Å². The van der Waals surface area contributed by atoms with Crippen LogP contribution < -0.4 is 10.1 Å². The summed E-state index contributed by atoms with van der Waals surface area (Å²) in [5, 5.41) is 18.0. The van der Waals surface area contributed by atoms with Crippen LogP contribution in [0.1, 0.15) is 31.9 Å². The highest BCUT2D eigenvalue weighted by Gasteiger charge is 2.18. The van der Waals surface area contributed by atoms with Gasteiger partial charge in [0.15, 0.2) is 0 Å².